The van der Waals surface area contributed by atoms with Crippen LogP contribution in [0.4, 0.5) is 5.69 Å². The van der Waals surface area contributed by atoms with Gasteiger partial charge in [-0.25, -0.2) is 0 Å². The van der Waals surface area contributed by atoms with Crippen LogP contribution in [-0.2, 0) is 6.54 Å². The van der Waals surface area contributed by atoms with Gasteiger partial charge in [0.1, 0.15) is 17.4 Å². The Morgan fingerprint density at radius 2 is 1.70 bits per heavy atom. The summed E-state index contributed by atoms with van der Waals surface area (Å²) in [6.45, 7) is 1.83. The van der Waals surface area contributed by atoms with Gasteiger partial charge in [0.2, 0.25) is 0 Å². The lowest BCUT2D eigenvalue weighted by Crippen LogP contribution is -2.32. The number of hydrogen-bond donors (Lipinski definition) is 2. The summed E-state index contributed by atoms with van der Waals surface area (Å²) in [5.74, 6) is 0.757. The Kier molecular flexibility index (Phi) is 7.37. The molecule has 0 bridgehead atoms. The van der Waals surface area contributed by atoms with Gasteiger partial charge in [-0.2, -0.15) is 0 Å². The number of halogens is 1. The first kappa shape index (κ1) is 24.8. The van der Waals surface area contributed by atoms with E-state index in [4.69, 9.17) is 16.3 Å². The van der Waals surface area contributed by atoms with E-state index in [0.29, 0.717) is 25.3 Å². The molecule has 5 rings (SSSR count). The topological polar surface area (TPSA) is 91.6 Å². The van der Waals surface area contributed by atoms with Crippen LogP contribution in [0.3, 0.4) is 0 Å². The number of hydrogen-bond acceptors (Lipinski definition) is 5. The molecule has 1 atom stereocenters. The first-order valence-corrected chi connectivity index (χ1v) is 12.4. The average molecular weight is 516 g/mol. The molecule has 1 unspecified atom stereocenters. The molecule has 188 valence electrons. The molecule has 1 heterocycles. The van der Waals surface area contributed by atoms with Gasteiger partial charge in [0, 0.05) is 48.1 Å². The zero-order valence-electron chi connectivity index (χ0n) is 20.0. The summed E-state index contributed by atoms with van der Waals surface area (Å²) >= 11 is 5.94. The maximum absolute atomic E-state index is 11.3. The van der Waals surface area contributed by atoms with E-state index >= 15 is 0 Å². The highest BCUT2D eigenvalue weighted by Crippen LogP contribution is 2.29. The van der Waals surface area contributed by atoms with Crippen molar-refractivity contribution in [2.75, 3.05) is 19.7 Å². The van der Waals surface area contributed by atoms with Gasteiger partial charge < -0.3 is 14.8 Å². The van der Waals surface area contributed by atoms with E-state index in [1.54, 1.807) is 6.07 Å². The molecule has 37 heavy (non-hydrogen) atoms. The highest BCUT2D eigenvalue weighted by atomic mass is 35.5. The van der Waals surface area contributed by atoms with Gasteiger partial charge in [-0.3, -0.25) is 15.0 Å². The van der Waals surface area contributed by atoms with E-state index in [2.05, 4.69) is 28.1 Å². The van der Waals surface area contributed by atoms with Crippen molar-refractivity contribution in [1.29, 1.82) is 0 Å². The van der Waals surface area contributed by atoms with E-state index < -0.39 is 11.0 Å². The number of nitrogens with one attached hydrogen (secondary N) is 1. The third-order valence-corrected chi connectivity index (χ3v) is 6.71. The summed E-state index contributed by atoms with van der Waals surface area (Å²) in [6.07, 6.45) is -0.928. The summed E-state index contributed by atoms with van der Waals surface area (Å²) in [7, 11) is 0. The van der Waals surface area contributed by atoms with Gasteiger partial charge in [0.05, 0.1) is 16.5 Å². The monoisotopic (exact) mass is 515 g/mol. The Balaban J connectivity index is 1.29. The lowest BCUT2D eigenvalue weighted by atomic mass is 10.1. The summed E-state index contributed by atoms with van der Waals surface area (Å²) in [5, 5.41) is 24.6. The highest BCUT2D eigenvalue weighted by Gasteiger charge is 2.19. The molecule has 5 aromatic rings. The van der Waals surface area contributed by atoms with E-state index in [1.165, 1.54) is 17.5 Å². The van der Waals surface area contributed by atoms with Crippen LogP contribution in [0.5, 0.6) is 5.75 Å². The quantitative estimate of drug-likeness (QED) is 0.164. The summed E-state index contributed by atoms with van der Waals surface area (Å²) in [6, 6.07) is 28.5. The van der Waals surface area contributed by atoms with Crippen molar-refractivity contribution in [3.8, 4) is 5.75 Å². The van der Waals surface area contributed by atoms with Gasteiger partial charge in [-0.1, -0.05) is 66.2 Å². The molecule has 7 nitrogen and oxygen atoms in total. The first-order valence-electron chi connectivity index (χ1n) is 12.0. The van der Waals surface area contributed by atoms with Crippen LogP contribution < -0.4 is 4.74 Å². The molecular weight excluding hydrogens is 490 g/mol. The molecule has 2 N–H and O–H groups in total. The van der Waals surface area contributed by atoms with Crippen molar-refractivity contribution in [2.45, 2.75) is 12.6 Å². The third kappa shape index (κ3) is 5.75. The molecule has 8 heteroatoms. The fourth-order valence-corrected chi connectivity index (χ4v) is 4.71. The maximum Gasteiger partial charge on any atom is 0.288 e. The second kappa shape index (κ2) is 11.0. The number of nitrogens with zero attached hydrogens (tertiary/aromatic N) is 2. The van der Waals surface area contributed by atoms with Crippen LogP contribution in [0.2, 0.25) is 5.02 Å². The van der Waals surface area contributed by atoms with Crippen molar-refractivity contribution >= 4 is 39.1 Å². The molecular formula is C29H26ClN3O4. The molecule has 0 aliphatic heterocycles. The Morgan fingerprint density at radius 3 is 2.51 bits per heavy atom. The molecule has 0 aliphatic rings. The SMILES string of the molecule is O=[N+]([O-])c1cc(C(O)CN(CCOc2ccc3c(c2)[nH]c2ccccc23)Cc2ccccc2)ccc1Cl. The van der Waals surface area contributed by atoms with Gasteiger partial charge in [0.15, 0.2) is 0 Å². The second-order valence-electron chi connectivity index (χ2n) is 8.93. The molecule has 0 saturated carbocycles. The summed E-state index contributed by atoms with van der Waals surface area (Å²) in [5.41, 5.74) is 3.42. The zero-order valence-corrected chi connectivity index (χ0v) is 20.8. The Bertz CT molecular complexity index is 1540. The number of rotatable bonds is 10. The molecule has 0 saturated heterocycles. The fourth-order valence-electron chi connectivity index (χ4n) is 4.52. The lowest BCUT2D eigenvalue weighted by molar-refractivity contribution is -0.384. The van der Waals surface area contributed by atoms with E-state index in [9.17, 15) is 15.2 Å². The van der Waals surface area contributed by atoms with Crippen LogP contribution in [0, 0.1) is 10.1 Å². The molecule has 0 aliphatic carbocycles. The van der Waals surface area contributed by atoms with Crippen LogP contribution in [0.1, 0.15) is 17.2 Å². The minimum Gasteiger partial charge on any atom is -0.492 e. The summed E-state index contributed by atoms with van der Waals surface area (Å²) < 4.78 is 6.08. The smallest absolute Gasteiger partial charge is 0.288 e. The Morgan fingerprint density at radius 1 is 0.946 bits per heavy atom. The summed E-state index contributed by atoms with van der Waals surface area (Å²) in [4.78, 5) is 16.2. The van der Waals surface area contributed by atoms with E-state index in [-0.39, 0.29) is 17.3 Å². The van der Waals surface area contributed by atoms with Crippen molar-refractivity contribution in [2.24, 2.45) is 0 Å². The molecule has 0 fully saturated rings. The number of para-hydroxylation sites is 1. The van der Waals surface area contributed by atoms with E-state index in [0.717, 1.165) is 27.7 Å². The number of aliphatic hydroxyl groups excluding tert-OH is 1. The van der Waals surface area contributed by atoms with Gasteiger partial charge >= 0.3 is 0 Å². The van der Waals surface area contributed by atoms with Crippen LogP contribution in [-0.4, -0.2) is 39.6 Å². The fraction of sp³-hybridized carbons (Fsp3) is 0.172. The van der Waals surface area contributed by atoms with Gasteiger partial charge in [-0.05, 0) is 35.4 Å². The molecule has 1 aromatic heterocycles. The largest absolute Gasteiger partial charge is 0.492 e. The zero-order chi connectivity index (χ0) is 25.8. The van der Waals surface area contributed by atoms with Crippen LogP contribution in [0.25, 0.3) is 21.8 Å². The van der Waals surface area contributed by atoms with Crippen molar-refractivity contribution in [3.05, 3.63) is 117 Å². The second-order valence-corrected chi connectivity index (χ2v) is 9.34. The standard InChI is InChI=1S/C29H26ClN3O4/c30-25-13-10-21(16-28(25)33(35)36)29(34)19-32(18-20-6-2-1-3-7-20)14-15-37-22-11-12-24-23-8-4-5-9-26(23)31-27(24)17-22/h1-13,16-17,29,31,34H,14-15,18-19H2. The Hall–Kier alpha value is -3.91. The number of ether oxygens (including phenoxy) is 1. The Labute approximate surface area is 219 Å². The number of nitro benzene ring substituents is 1. The predicted octanol–water partition coefficient (Wildman–Crippen LogP) is 6.50. The number of aromatic amines is 1. The molecule has 4 aromatic carbocycles. The normalized spacial score (nSPS) is 12.3. The number of aromatic nitrogens is 1. The number of nitro groups is 1. The molecule has 0 amide bonds. The third-order valence-electron chi connectivity index (χ3n) is 6.39. The maximum atomic E-state index is 11.3. The van der Waals surface area contributed by atoms with Crippen molar-refractivity contribution < 1.29 is 14.8 Å². The van der Waals surface area contributed by atoms with Crippen LogP contribution >= 0.6 is 11.6 Å². The average Bonchev–Trinajstić information content (AvgIpc) is 3.27. The molecule has 0 spiro atoms. The minimum absolute atomic E-state index is 0.0439. The first-order chi connectivity index (χ1) is 18.0. The predicted molar refractivity (Wildman–Crippen MR) is 146 cm³/mol. The number of benzene rings is 4. The van der Waals surface area contributed by atoms with Gasteiger partial charge in [0.25, 0.3) is 5.69 Å². The van der Waals surface area contributed by atoms with Gasteiger partial charge in [-0.15, -0.1) is 0 Å². The number of fused-ring (bicyclic) bond motifs is 3. The van der Waals surface area contributed by atoms with Crippen molar-refractivity contribution in [1.82, 2.24) is 9.88 Å². The minimum atomic E-state index is -0.928. The number of aliphatic hydroxyl groups is 1. The highest BCUT2D eigenvalue weighted by molar-refractivity contribution is 6.32. The van der Waals surface area contributed by atoms with Crippen LogP contribution in [0.15, 0.2) is 91.0 Å². The number of H-pyrrole nitrogens is 1. The lowest BCUT2D eigenvalue weighted by Gasteiger charge is -2.25. The van der Waals surface area contributed by atoms with Crippen molar-refractivity contribution in [3.63, 3.8) is 0 Å². The van der Waals surface area contributed by atoms with E-state index in [1.807, 2.05) is 54.6 Å². The molecule has 0 radical (unpaired) electrons.